The second-order valence-corrected chi connectivity index (χ2v) is 6.38. The number of aliphatic imine (C=N–C) groups is 1. The Hall–Kier alpha value is -2.93. The molecule has 1 aromatic rings. The zero-order valence-electron chi connectivity index (χ0n) is 14.7. The van der Waals surface area contributed by atoms with E-state index in [2.05, 4.69) is 16.9 Å². The molecule has 1 aromatic carbocycles. The van der Waals surface area contributed by atoms with Crippen LogP contribution in [0.5, 0.6) is 0 Å². The number of hydrogen-bond acceptors (Lipinski definition) is 4. The highest BCUT2D eigenvalue weighted by molar-refractivity contribution is 6.09. The lowest BCUT2D eigenvalue weighted by Gasteiger charge is -2.28. The molecule has 0 atom stereocenters. The number of amidine groups is 1. The van der Waals surface area contributed by atoms with Gasteiger partial charge in [0.15, 0.2) is 0 Å². The van der Waals surface area contributed by atoms with Crippen molar-refractivity contribution in [2.45, 2.75) is 19.4 Å². The van der Waals surface area contributed by atoms with E-state index in [1.165, 1.54) is 6.08 Å². The van der Waals surface area contributed by atoms with Crippen molar-refractivity contribution >= 4 is 23.3 Å². The van der Waals surface area contributed by atoms with Gasteiger partial charge in [-0.1, -0.05) is 6.58 Å². The maximum Gasteiger partial charge on any atom is 0.278 e. The molecule has 0 aromatic heterocycles. The average Bonchev–Trinajstić information content (AvgIpc) is 2.78. The van der Waals surface area contributed by atoms with Crippen LogP contribution in [-0.2, 0) is 4.79 Å². The molecule has 7 heteroatoms. The van der Waals surface area contributed by atoms with Crippen molar-refractivity contribution in [2.24, 2.45) is 16.5 Å². The van der Waals surface area contributed by atoms with Crippen molar-refractivity contribution in [3.8, 4) is 0 Å². The topological polar surface area (TPSA) is 114 Å². The predicted octanol–water partition coefficient (Wildman–Crippen LogP) is 1.25. The van der Waals surface area contributed by atoms with Gasteiger partial charge >= 0.3 is 0 Å². The van der Waals surface area contributed by atoms with E-state index in [1.54, 1.807) is 24.3 Å². The molecule has 0 radical (unpaired) electrons. The minimum Gasteiger partial charge on any atom is -0.400 e. The third kappa shape index (κ3) is 3.77. The SMILES string of the molecule is C=CC(=O)Nc1ccc(C(=O)N=C(N)C2=C(N)C(C)(C)N(C)C2)cc1. The molecule has 7 nitrogen and oxygen atoms in total. The van der Waals surface area contributed by atoms with Gasteiger partial charge in [-0.2, -0.15) is 4.99 Å². The Labute approximate surface area is 147 Å². The van der Waals surface area contributed by atoms with E-state index in [9.17, 15) is 9.59 Å². The van der Waals surface area contributed by atoms with E-state index in [0.717, 1.165) is 0 Å². The van der Waals surface area contributed by atoms with Crippen LogP contribution in [-0.4, -0.2) is 41.7 Å². The monoisotopic (exact) mass is 341 g/mol. The number of hydrogen-bond donors (Lipinski definition) is 3. The van der Waals surface area contributed by atoms with Gasteiger partial charge < -0.3 is 16.8 Å². The first kappa shape index (κ1) is 18.4. The first-order valence-corrected chi connectivity index (χ1v) is 7.79. The normalized spacial score (nSPS) is 17.5. The lowest BCUT2D eigenvalue weighted by Crippen LogP contribution is -2.40. The molecule has 0 spiro atoms. The standard InChI is InChI=1S/C18H23N5O2/c1-5-14(24)21-12-8-6-11(7-9-12)17(25)22-16(20)13-10-23(4)18(2,3)15(13)19/h5-9H,1,10,19H2,2-4H3,(H,21,24)(H2,20,22,25). The van der Waals surface area contributed by atoms with Gasteiger partial charge in [-0.15, -0.1) is 0 Å². The maximum atomic E-state index is 12.3. The van der Waals surface area contributed by atoms with Crippen molar-refractivity contribution in [3.63, 3.8) is 0 Å². The van der Waals surface area contributed by atoms with Gasteiger partial charge in [0.1, 0.15) is 5.84 Å². The molecule has 132 valence electrons. The largest absolute Gasteiger partial charge is 0.400 e. The number of nitrogens with zero attached hydrogens (tertiary/aromatic N) is 2. The summed E-state index contributed by atoms with van der Waals surface area (Å²) in [4.78, 5) is 29.6. The summed E-state index contributed by atoms with van der Waals surface area (Å²) >= 11 is 0. The van der Waals surface area contributed by atoms with Crippen LogP contribution in [0.15, 0.2) is 53.2 Å². The molecule has 25 heavy (non-hydrogen) atoms. The number of benzene rings is 1. The van der Waals surface area contributed by atoms with E-state index >= 15 is 0 Å². The average molecular weight is 341 g/mol. The Morgan fingerprint density at radius 3 is 2.40 bits per heavy atom. The summed E-state index contributed by atoms with van der Waals surface area (Å²) in [6.07, 6.45) is 1.17. The van der Waals surface area contributed by atoms with E-state index in [0.29, 0.717) is 29.1 Å². The summed E-state index contributed by atoms with van der Waals surface area (Å²) in [6, 6.07) is 6.36. The van der Waals surface area contributed by atoms with Gasteiger partial charge in [0.2, 0.25) is 5.91 Å². The highest BCUT2D eigenvalue weighted by Gasteiger charge is 2.36. The Balaban J connectivity index is 2.18. The highest BCUT2D eigenvalue weighted by Crippen LogP contribution is 2.29. The number of nitrogens with one attached hydrogen (secondary N) is 1. The number of likely N-dealkylation sites (N-methyl/N-ethyl adjacent to an activating group) is 1. The Bertz CT molecular complexity index is 775. The van der Waals surface area contributed by atoms with Crippen LogP contribution in [0.1, 0.15) is 24.2 Å². The van der Waals surface area contributed by atoms with E-state index in [1.807, 2.05) is 25.8 Å². The van der Waals surface area contributed by atoms with Crippen LogP contribution in [0, 0.1) is 0 Å². The van der Waals surface area contributed by atoms with E-state index in [4.69, 9.17) is 11.5 Å². The van der Waals surface area contributed by atoms with Crippen LogP contribution in [0.4, 0.5) is 5.69 Å². The molecule has 2 amide bonds. The van der Waals surface area contributed by atoms with Crippen LogP contribution in [0.3, 0.4) is 0 Å². The summed E-state index contributed by atoms with van der Waals surface area (Å²) < 4.78 is 0. The summed E-state index contributed by atoms with van der Waals surface area (Å²) in [6.45, 7) is 7.89. The fourth-order valence-corrected chi connectivity index (χ4v) is 2.44. The second-order valence-electron chi connectivity index (χ2n) is 6.38. The lowest BCUT2D eigenvalue weighted by atomic mass is 10.0. The first-order chi connectivity index (χ1) is 11.7. The van der Waals surface area contributed by atoms with Crippen LogP contribution >= 0.6 is 0 Å². The van der Waals surface area contributed by atoms with Crippen LogP contribution in [0.25, 0.3) is 0 Å². The smallest absolute Gasteiger partial charge is 0.278 e. The number of carbonyl (C=O) groups excluding carboxylic acids is 2. The van der Waals surface area contributed by atoms with Crippen molar-refractivity contribution < 1.29 is 9.59 Å². The molecule has 1 aliphatic heterocycles. The van der Waals surface area contributed by atoms with E-state index in [-0.39, 0.29) is 17.3 Å². The fraction of sp³-hybridized carbons (Fsp3) is 0.278. The Morgan fingerprint density at radius 2 is 1.92 bits per heavy atom. The molecular weight excluding hydrogens is 318 g/mol. The van der Waals surface area contributed by atoms with Crippen molar-refractivity contribution in [1.29, 1.82) is 0 Å². The van der Waals surface area contributed by atoms with Gasteiger partial charge in [0.25, 0.3) is 5.91 Å². The van der Waals surface area contributed by atoms with Gasteiger partial charge in [0, 0.05) is 29.1 Å². The molecule has 0 unspecified atom stereocenters. The van der Waals surface area contributed by atoms with E-state index < -0.39 is 5.91 Å². The molecule has 0 bridgehead atoms. The zero-order chi connectivity index (χ0) is 18.8. The van der Waals surface area contributed by atoms with Gasteiger partial charge in [-0.25, -0.2) is 0 Å². The molecule has 1 aliphatic rings. The molecule has 0 saturated carbocycles. The van der Waals surface area contributed by atoms with Crippen LogP contribution < -0.4 is 16.8 Å². The summed E-state index contributed by atoms with van der Waals surface area (Å²) in [5.41, 5.74) is 14.0. The third-order valence-electron chi connectivity index (χ3n) is 4.45. The molecular formula is C18H23N5O2. The molecule has 1 heterocycles. The number of rotatable bonds is 4. The fourth-order valence-electron chi connectivity index (χ4n) is 2.44. The summed E-state index contributed by atoms with van der Waals surface area (Å²) in [7, 11) is 1.94. The first-order valence-electron chi connectivity index (χ1n) is 7.79. The summed E-state index contributed by atoms with van der Waals surface area (Å²) in [5.74, 6) is -0.660. The molecule has 5 N–H and O–H groups in total. The number of carbonyl (C=O) groups is 2. The molecule has 0 saturated heterocycles. The number of anilines is 1. The Kier molecular flexibility index (Phi) is 5.08. The van der Waals surface area contributed by atoms with Gasteiger partial charge in [0.05, 0.1) is 5.54 Å². The summed E-state index contributed by atoms with van der Waals surface area (Å²) in [5, 5.41) is 2.60. The minimum absolute atomic E-state index is 0.129. The molecule has 0 aliphatic carbocycles. The lowest BCUT2D eigenvalue weighted by molar-refractivity contribution is -0.111. The van der Waals surface area contributed by atoms with Gasteiger partial charge in [-0.3, -0.25) is 14.5 Å². The van der Waals surface area contributed by atoms with Crippen molar-refractivity contribution in [3.05, 3.63) is 53.8 Å². The number of nitrogens with two attached hydrogens (primary N) is 2. The second kappa shape index (κ2) is 6.90. The predicted molar refractivity (Wildman–Crippen MR) is 99.1 cm³/mol. The quantitative estimate of drug-likeness (QED) is 0.433. The van der Waals surface area contributed by atoms with Crippen molar-refractivity contribution in [2.75, 3.05) is 18.9 Å². The molecule has 2 rings (SSSR count). The Morgan fingerprint density at radius 1 is 1.32 bits per heavy atom. The highest BCUT2D eigenvalue weighted by atomic mass is 16.2. The van der Waals surface area contributed by atoms with Gasteiger partial charge in [-0.05, 0) is 51.2 Å². The van der Waals surface area contributed by atoms with Crippen LogP contribution in [0.2, 0.25) is 0 Å². The third-order valence-corrected chi connectivity index (χ3v) is 4.45. The zero-order valence-corrected chi connectivity index (χ0v) is 14.7. The number of amides is 2. The van der Waals surface area contributed by atoms with Crippen molar-refractivity contribution in [1.82, 2.24) is 4.90 Å². The molecule has 0 fully saturated rings. The maximum absolute atomic E-state index is 12.3. The minimum atomic E-state index is -0.466.